The monoisotopic (exact) mass is 299 g/mol. The molecule has 0 aliphatic rings. The molecule has 0 unspecified atom stereocenters. The lowest BCUT2D eigenvalue weighted by molar-refractivity contribution is 1.08. The van der Waals surface area contributed by atoms with Gasteiger partial charge in [-0.3, -0.25) is 9.78 Å². The predicted molar refractivity (Wildman–Crippen MR) is 60.8 cm³/mol. The van der Waals surface area contributed by atoms with Crippen molar-refractivity contribution >= 4 is 22.6 Å². The summed E-state index contributed by atoms with van der Waals surface area (Å²) in [5.74, 6) is 0.496. The standard InChI is InChI=1S/C9H6IN3O/c10-6-5-12-8(13-9(6)14)7-3-1-2-4-11-7/h1-5H,(H,12,13,14). The molecule has 0 aliphatic heterocycles. The van der Waals surface area contributed by atoms with E-state index in [1.165, 1.54) is 6.20 Å². The van der Waals surface area contributed by atoms with Gasteiger partial charge in [0.25, 0.3) is 5.56 Å². The molecule has 14 heavy (non-hydrogen) atoms. The maximum atomic E-state index is 11.3. The zero-order valence-corrected chi connectivity index (χ0v) is 9.22. The maximum absolute atomic E-state index is 11.3. The molecule has 2 heterocycles. The van der Waals surface area contributed by atoms with Gasteiger partial charge in [-0.1, -0.05) is 6.07 Å². The zero-order valence-electron chi connectivity index (χ0n) is 7.07. The second kappa shape index (κ2) is 3.87. The lowest BCUT2D eigenvalue weighted by Gasteiger charge is -1.98. The number of pyridine rings is 1. The van der Waals surface area contributed by atoms with E-state index in [2.05, 4.69) is 15.0 Å². The highest BCUT2D eigenvalue weighted by atomic mass is 127. The minimum atomic E-state index is -0.138. The van der Waals surface area contributed by atoms with Gasteiger partial charge in [0.2, 0.25) is 0 Å². The van der Waals surface area contributed by atoms with Gasteiger partial charge in [0, 0.05) is 12.4 Å². The summed E-state index contributed by atoms with van der Waals surface area (Å²) in [4.78, 5) is 22.1. The first-order valence-electron chi connectivity index (χ1n) is 3.93. The Bertz CT molecular complexity index is 495. The number of hydrogen-bond donors (Lipinski definition) is 1. The SMILES string of the molecule is O=c1[nH]c(-c2ccccn2)ncc1I. The largest absolute Gasteiger partial charge is 0.304 e. The molecule has 0 fully saturated rings. The smallest absolute Gasteiger partial charge is 0.264 e. The van der Waals surface area contributed by atoms with Crippen LogP contribution in [0.1, 0.15) is 0 Å². The summed E-state index contributed by atoms with van der Waals surface area (Å²) < 4.78 is 0.572. The first kappa shape index (κ1) is 9.32. The minimum Gasteiger partial charge on any atom is -0.304 e. The van der Waals surface area contributed by atoms with Crippen LogP contribution >= 0.6 is 22.6 Å². The van der Waals surface area contributed by atoms with Crippen LogP contribution in [0.25, 0.3) is 11.5 Å². The van der Waals surface area contributed by atoms with E-state index in [1.54, 1.807) is 12.3 Å². The molecular weight excluding hydrogens is 293 g/mol. The van der Waals surface area contributed by atoms with Gasteiger partial charge in [-0.25, -0.2) is 4.98 Å². The lowest BCUT2D eigenvalue weighted by atomic mass is 10.3. The highest BCUT2D eigenvalue weighted by Gasteiger charge is 2.02. The number of hydrogen-bond acceptors (Lipinski definition) is 3. The van der Waals surface area contributed by atoms with Gasteiger partial charge in [-0.2, -0.15) is 0 Å². The average molecular weight is 299 g/mol. The minimum absolute atomic E-state index is 0.138. The Morgan fingerprint density at radius 3 is 2.79 bits per heavy atom. The van der Waals surface area contributed by atoms with Crippen molar-refractivity contribution in [3.63, 3.8) is 0 Å². The Hall–Kier alpha value is -1.24. The number of aromatic amines is 1. The first-order valence-corrected chi connectivity index (χ1v) is 5.01. The van der Waals surface area contributed by atoms with Crippen molar-refractivity contribution in [2.45, 2.75) is 0 Å². The number of nitrogens with one attached hydrogen (secondary N) is 1. The Balaban J connectivity index is 2.54. The van der Waals surface area contributed by atoms with Crippen molar-refractivity contribution < 1.29 is 0 Å². The average Bonchev–Trinajstić information content (AvgIpc) is 2.23. The van der Waals surface area contributed by atoms with Gasteiger partial charge in [0.05, 0.1) is 3.57 Å². The van der Waals surface area contributed by atoms with Crippen LogP contribution in [-0.4, -0.2) is 15.0 Å². The summed E-state index contributed by atoms with van der Waals surface area (Å²) in [6.45, 7) is 0. The molecule has 5 heteroatoms. The molecule has 0 aromatic carbocycles. The van der Waals surface area contributed by atoms with Gasteiger partial charge < -0.3 is 4.98 Å². The van der Waals surface area contributed by atoms with Crippen molar-refractivity contribution in [2.24, 2.45) is 0 Å². The highest BCUT2D eigenvalue weighted by Crippen LogP contribution is 2.08. The molecule has 70 valence electrons. The quantitative estimate of drug-likeness (QED) is 0.811. The summed E-state index contributed by atoms with van der Waals surface area (Å²) in [6.07, 6.45) is 3.19. The van der Waals surface area contributed by atoms with Crippen LogP contribution in [0, 0.1) is 3.57 Å². The van der Waals surface area contributed by atoms with E-state index < -0.39 is 0 Å². The molecule has 2 rings (SSSR count). The van der Waals surface area contributed by atoms with Crippen molar-refractivity contribution in [1.82, 2.24) is 15.0 Å². The third kappa shape index (κ3) is 1.82. The third-order valence-corrected chi connectivity index (χ3v) is 2.43. The molecule has 0 amide bonds. The maximum Gasteiger partial charge on any atom is 0.264 e. The van der Waals surface area contributed by atoms with Crippen LogP contribution in [0.15, 0.2) is 35.4 Å². The fraction of sp³-hybridized carbons (Fsp3) is 0. The van der Waals surface area contributed by atoms with E-state index in [1.807, 2.05) is 34.7 Å². The molecule has 0 saturated heterocycles. The molecule has 0 atom stereocenters. The van der Waals surface area contributed by atoms with Gasteiger partial charge >= 0.3 is 0 Å². The number of nitrogens with zero attached hydrogens (tertiary/aromatic N) is 2. The molecule has 0 bridgehead atoms. The third-order valence-electron chi connectivity index (χ3n) is 1.66. The van der Waals surface area contributed by atoms with Gasteiger partial charge in [-0.05, 0) is 34.7 Å². The zero-order chi connectivity index (χ0) is 9.97. The van der Waals surface area contributed by atoms with E-state index in [4.69, 9.17) is 0 Å². The van der Waals surface area contributed by atoms with Crippen LogP contribution in [0.4, 0.5) is 0 Å². The van der Waals surface area contributed by atoms with E-state index in [0.717, 1.165) is 0 Å². The molecule has 0 aliphatic carbocycles. The van der Waals surface area contributed by atoms with E-state index in [9.17, 15) is 4.79 Å². The van der Waals surface area contributed by atoms with Crippen molar-refractivity contribution in [1.29, 1.82) is 0 Å². The lowest BCUT2D eigenvalue weighted by Crippen LogP contribution is -2.11. The molecule has 2 aromatic rings. The Kier molecular flexibility index (Phi) is 2.58. The fourth-order valence-corrected chi connectivity index (χ4v) is 1.29. The first-order chi connectivity index (χ1) is 6.77. The molecule has 1 N–H and O–H groups in total. The summed E-state index contributed by atoms with van der Waals surface area (Å²) in [6, 6.07) is 5.46. The van der Waals surface area contributed by atoms with E-state index >= 15 is 0 Å². The van der Waals surface area contributed by atoms with Crippen LogP contribution in [0.5, 0.6) is 0 Å². The van der Waals surface area contributed by atoms with Crippen LogP contribution in [0.2, 0.25) is 0 Å². The topological polar surface area (TPSA) is 58.6 Å². The Morgan fingerprint density at radius 2 is 2.14 bits per heavy atom. The highest BCUT2D eigenvalue weighted by molar-refractivity contribution is 14.1. The normalized spacial score (nSPS) is 10.1. The summed E-state index contributed by atoms with van der Waals surface area (Å²) in [5, 5.41) is 0. The van der Waals surface area contributed by atoms with E-state index in [0.29, 0.717) is 15.1 Å². The summed E-state index contributed by atoms with van der Waals surface area (Å²) in [5.41, 5.74) is 0.530. The van der Waals surface area contributed by atoms with Gasteiger partial charge in [0.15, 0.2) is 5.82 Å². The van der Waals surface area contributed by atoms with Crippen LogP contribution in [0.3, 0.4) is 0 Å². The summed E-state index contributed by atoms with van der Waals surface area (Å²) >= 11 is 1.93. The fourth-order valence-electron chi connectivity index (χ4n) is 1.01. The Labute approximate surface area is 93.6 Å². The van der Waals surface area contributed by atoms with Crippen LogP contribution in [-0.2, 0) is 0 Å². The second-order valence-corrected chi connectivity index (χ2v) is 3.79. The van der Waals surface area contributed by atoms with Gasteiger partial charge in [0.1, 0.15) is 5.69 Å². The second-order valence-electron chi connectivity index (χ2n) is 2.62. The summed E-state index contributed by atoms with van der Waals surface area (Å²) in [7, 11) is 0. The molecule has 0 spiro atoms. The number of H-pyrrole nitrogens is 1. The van der Waals surface area contributed by atoms with Gasteiger partial charge in [-0.15, -0.1) is 0 Å². The number of aromatic nitrogens is 3. The van der Waals surface area contributed by atoms with E-state index in [-0.39, 0.29) is 5.56 Å². The molecular formula is C9H6IN3O. The van der Waals surface area contributed by atoms with Crippen molar-refractivity contribution in [3.05, 3.63) is 44.5 Å². The number of rotatable bonds is 1. The molecule has 4 nitrogen and oxygen atoms in total. The van der Waals surface area contributed by atoms with Crippen molar-refractivity contribution in [2.75, 3.05) is 0 Å². The molecule has 2 aromatic heterocycles. The van der Waals surface area contributed by atoms with Crippen LogP contribution < -0.4 is 5.56 Å². The molecule has 0 saturated carbocycles. The predicted octanol–water partition coefficient (Wildman–Crippen LogP) is 1.44. The molecule has 0 radical (unpaired) electrons. The van der Waals surface area contributed by atoms with Crippen molar-refractivity contribution in [3.8, 4) is 11.5 Å². The number of halogens is 1. The Morgan fingerprint density at radius 1 is 1.29 bits per heavy atom.